The number of benzene rings is 1. The molecule has 1 aromatic carbocycles. The predicted molar refractivity (Wildman–Crippen MR) is 94.5 cm³/mol. The lowest BCUT2D eigenvalue weighted by Gasteiger charge is -2.33. The van der Waals surface area contributed by atoms with Crippen molar-refractivity contribution in [2.24, 2.45) is 0 Å². The number of hydrogen-bond donors (Lipinski definition) is 1. The molecule has 26 heavy (non-hydrogen) atoms. The van der Waals surface area contributed by atoms with Gasteiger partial charge in [-0.1, -0.05) is 6.07 Å². The van der Waals surface area contributed by atoms with Crippen LogP contribution < -0.4 is 5.32 Å². The van der Waals surface area contributed by atoms with Crippen LogP contribution in [-0.4, -0.2) is 73.5 Å². The van der Waals surface area contributed by atoms with Crippen LogP contribution in [0, 0.1) is 11.6 Å². The van der Waals surface area contributed by atoms with Crippen LogP contribution in [-0.2, 0) is 11.3 Å². The number of rotatable bonds is 5. The third-order valence-electron chi connectivity index (χ3n) is 4.54. The van der Waals surface area contributed by atoms with Gasteiger partial charge in [0.1, 0.15) is 11.6 Å². The van der Waals surface area contributed by atoms with Crippen molar-refractivity contribution in [1.82, 2.24) is 20.0 Å². The number of likely N-dealkylation sites (N-methyl/N-ethyl adjacent to an activating group) is 1. The second kappa shape index (κ2) is 8.93. The summed E-state index contributed by atoms with van der Waals surface area (Å²) in [5.41, 5.74) is 0.265. The Morgan fingerprint density at radius 2 is 1.85 bits per heavy atom. The minimum atomic E-state index is -0.663. The molecule has 1 fully saturated rings. The van der Waals surface area contributed by atoms with Crippen LogP contribution in [0.1, 0.15) is 18.4 Å². The van der Waals surface area contributed by atoms with Crippen LogP contribution in [0.25, 0.3) is 0 Å². The molecule has 1 aliphatic rings. The average Bonchev–Trinajstić information content (AvgIpc) is 2.58. The van der Waals surface area contributed by atoms with E-state index >= 15 is 0 Å². The third kappa shape index (κ3) is 5.66. The molecule has 1 saturated heterocycles. The van der Waals surface area contributed by atoms with E-state index in [0.29, 0.717) is 6.54 Å². The first-order valence-electron chi connectivity index (χ1n) is 8.64. The summed E-state index contributed by atoms with van der Waals surface area (Å²) in [6.07, 6.45) is 1.51. The van der Waals surface area contributed by atoms with Crippen LogP contribution in [0.5, 0.6) is 0 Å². The highest BCUT2D eigenvalue weighted by Gasteiger charge is 2.23. The van der Waals surface area contributed by atoms with Gasteiger partial charge in [0.05, 0.1) is 6.54 Å². The average molecular weight is 368 g/mol. The molecular weight excluding hydrogens is 342 g/mol. The largest absolute Gasteiger partial charge is 0.348 e. The number of hydrogen-bond acceptors (Lipinski definition) is 3. The van der Waals surface area contributed by atoms with Crippen LogP contribution in [0.2, 0.25) is 0 Å². The zero-order chi connectivity index (χ0) is 19.3. The van der Waals surface area contributed by atoms with Gasteiger partial charge in [-0.3, -0.25) is 9.69 Å². The summed E-state index contributed by atoms with van der Waals surface area (Å²) >= 11 is 0. The molecule has 0 aromatic heterocycles. The summed E-state index contributed by atoms with van der Waals surface area (Å²) in [5.74, 6) is -1.24. The normalized spacial score (nSPS) is 15.6. The maximum atomic E-state index is 13.7. The minimum Gasteiger partial charge on any atom is -0.348 e. The number of urea groups is 1. The van der Waals surface area contributed by atoms with Crippen molar-refractivity contribution in [1.29, 1.82) is 0 Å². The van der Waals surface area contributed by atoms with Crippen molar-refractivity contribution in [3.63, 3.8) is 0 Å². The summed E-state index contributed by atoms with van der Waals surface area (Å²) < 4.78 is 26.6. The SMILES string of the molecule is CN(C)C(=O)CN1CCC(NC(=O)N(C)Cc2ccc(F)cc2F)CC1. The van der Waals surface area contributed by atoms with Crippen molar-refractivity contribution in [2.75, 3.05) is 40.8 Å². The Bertz CT molecular complexity index is 646. The molecule has 8 heteroatoms. The van der Waals surface area contributed by atoms with E-state index in [-0.39, 0.29) is 30.1 Å². The van der Waals surface area contributed by atoms with Gasteiger partial charge < -0.3 is 15.1 Å². The fourth-order valence-corrected chi connectivity index (χ4v) is 2.83. The Hall–Kier alpha value is -2.22. The topological polar surface area (TPSA) is 55.9 Å². The van der Waals surface area contributed by atoms with E-state index in [1.54, 1.807) is 26.0 Å². The molecule has 0 unspecified atom stereocenters. The first kappa shape index (κ1) is 20.1. The molecule has 0 saturated carbocycles. The molecule has 0 bridgehead atoms. The number of piperidine rings is 1. The number of carbonyl (C=O) groups excluding carboxylic acids is 2. The second-order valence-electron chi connectivity index (χ2n) is 6.88. The standard InChI is InChI=1S/C18H26F2N4O2/c1-22(2)17(25)12-24-8-6-15(7-9-24)21-18(26)23(3)11-13-4-5-14(19)10-16(13)20/h4-5,10,15H,6-9,11-12H2,1-3H3,(H,21,26). The van der Waals surface area contributed by atoms with Gasteiger partial charge >= 0.3 is 6.03 Å². The number of nitrogens with zero attached hydrogens (tertiary/aromatic N) is 3. The Morgan fingerprint density at radius 3 is 2.42 bits per heavy atom. The van der Waals surface area contributed by atoms with Crippen molar-refractivity contribution in [3.05, 3.63) is 35.4 Å². The Kier molecular flexibility index (Phi) is 6.90. The number of likely N-dealkylation sites (tertiary alicyclic amines) is 1. The van der Waals surface area contributed by atoms with Crippen LogP contribution in [0.15, 0.2) is 18.2 Å². The highest BCUT2D eigenvalue weighted by Crippen LogP contribution is 2.13. The number of halogens is 2. The third-order valence-corrected chi connectivity index (χ3v) is 4.54. The molecule has 0 radical (unpaired) electrons. The molecule has 3 amide bonds. The molecular formula is C18H26F2N4O2. The monoisotopic (exact) mass is 368 g/mol. The summed E-state index contributed by atoms with van der Waals surface area (Å²) in [5, 5.41) is 2.93. The summed E-state index contributed by atoms with van der Waals surface area (Å²) in [4.78, 5) is 29.0. The second-order valence-corrected chi connectivity index (χ2v) is 6.88. The lowest BCUT2D eigenvalue weighted by atomic mass is 10.1. The zero-order valence-corrected chi connectivity index (χ0v) is 15.5. The molecule has 0 aliphatic carbocycles. The maximum absolute atomic E-state index is 13.7. The Balaban J connectivity index is 1.78. The first-order chi connectivity index (χ1) is 12.3. The summed E-state index contributed by atoms with van der Waals surface area (Å²) in [7, 11) is 5.03. The molecule has 144 valence electrons. The van der Waals surface area contributed by atoms with Gasteiger partial charge in [-0.25, -0.2) is 13.6 Å². The number of nitrogens with one attached hydrogen (secondary N) is 1. The highest BCUT2D eigenvalue weighted by molar-refractivity contribution is 5.77. The highest BCUT2D eigenvalue weighted by atomic mass is 19.1. The first-order valence-corrected chi connectivity index (χ1v) is 8.64. The zero-order valence-electron chi connectivity index (χ0n) is 15.5. The predicted octanol–water partition coefficient (Wildman–Crippen LogP) is 1.66. The number of carbonyl (C=O) groups is 2. The van der Waals surface area contributed by atoms with Crippen LogP contribution in [0.4, 0.5) is 13.6 Å². The van der Waals surface area contributed by atoms with E-state index in [9.17, 15) is 18.4 Å². The number of amides is 3. The van der Waals surface area contributed by atoms with E-state index in [2.05, 4.69) is 10.2 Å². The van der Waals surface area contributed by atoms with Gasteiger partial charge in [-0.05, 0) is 18.9 Å². The van der Waals surface area contributed by atoms with Gasteiger partial charge in [-0.15, -0.1) is 0 Å². The smallest absolute Gasteiger partial charge is 0.317 e. The summed E-state index contributed by atoms with van der Waals surface area (Å²) in [6, 6.07) is 3.06. The van der Waals surface area contributed by atoms with Crippen molar-refractivity contribution < 1.29 is 18.4 Å². The lowest BCUT2D eigenvalue weighted by molar-refractivity contribution is -0.130. The van der Waals surface area contributed by atoms with Crippen molar-refractivity contribution >= 4 is 11.9 Å². The maximum Gasteiger partial charge on any atom is 0.317 e. The van der Waals surface area contributed by atoms with E-state index in [4.69, 9.17) is 0 Å². The molecule has 1 heterocycles. The van der Waals surface area contributed by atoms with Crippen LogP contribution >= 0.6 is 0 Å². The quantitative estimate of drug-likeness (QED) is 0.860. The lowest BCUT2D eigenvalue weighted by Crippen LogP contribution is -2.49. The molecule has 0 atom stereocenters. The fraction of sp³-hybridized carbons (Fsp3) is 0.556. The fourth-order valence-electron chi connectivity index (χ4n) is 2.83. The van der Waals surface area contributed by atoms with E-state index < -0.39 is 11.6 Å². The Morgan fingerprint density at radius 1 is 1.19 bits per heavy atom. The Labute approximate surface area is 152 Å². The van der Waals surface area contributed by atoms with Gasteiger partial charge in [0.2, 0.25) is 5.91 Å². The molecule has 1 N–H and O–H groups in total. The van der Waals surface area contributed by atoms with Crippen LogP contribution in [0.3, 0.4) is 0 Å². The van der Waals surface area contributed by atoms with Crippen molar-refractivity contribution in [3.8, 4) is 0 Å². The van der Waals surface area contributed by atoms with E-state index in [1.807, 2.05) is 0 Å². The van der Waals surface area contributed by atoms with Gasteiger partial charge in [0.15, 0.2) is 0 Å². The van der Waals surface area contributed by atoms with Gasteiger partial charge in [0, 0.05) is 58.4 Å². The van der Waals surface area contributed by atoms with E-state index in [0.717, 1.165) is 32.0 Å². The van der Waals surface area contributed by atoms with Gasteiger partial charge in [-0.2, -0.15) is 0 Å². The van der Waals surface area contributed by atoms with Crippen molar-refractivity contribution in [2.45, 2.75) is 25.4 Å². The molecule has 6 nitrogen and oxygen atoms in total. The summed E-state index contributed by atoms with van der Waals surface area (Å²) in [6.45, 7) is 1.92. The van der Waals surface area contributed by atoms with E-state index in [1.165, 1.54) is 17.0 Å². The molecule has 0 spiro atoms. The van der Waals surface area contributed by atoms with Gasteiger partial charge in [0.25, 0.3) is 0 Å². The minimum absolute atomic E-state index is 0.0220. The molecule has 1 aromatic rings. The molecule has 2 rings (SSSR count). The molecule has 1 aliphatic heterocycles.